The van der Waals surface area contributed by atoms with Crippen LogP contribution in [-0.4, -0.2) is 11.9 Å². The maximum absolute atomic E-state index is 11.2. The summed E-state index contributed by atoms with van der Waals surface area (Å²) < 4.78 is 4.57. The molecule has 0 bridgehead atoms. The van der Waals surface area contributed by atoms with Crippen molar-refractivity contribution in [2.75, 3.05) is 0 Å². The van der Waals surface area contributed by atoms with Crippen LogP contribution in [0.4, 0.5) is 0 Å². The molecule has 17 heavy (non-hydrogen) atoms. The third kappa shape index (κ3) is 11.1. The normalized spacial score (nSPS) is 10.7. The van der Waals surface area contributed by atoms with Crippen molar-refractivity contribution in [1.29, 1.82) is 0 Å². The molecule has 0 atom stereocenters. The summed E-state index contributed by atoms with van der Waals surface area (Å²) in [6, 6.07) is 0. The van der Waals surface area contributed by atoms with Crippen LogP contribution in [0.2, 0.25) is 0 Å². The van der Waals surface area contributed by atoms with E-state index in [1.807, 2.05) is 0 Å². The summed E-state index contributed by atoms with van der Waals surface area (Å²) in [6.45, 7) is 3.90. The second-order valence-electron chi connectivity index (χ2n) is 4.16. The molecular weight excluding hydrogens is 216 g/mol. The number of hydrogen-bond acceptors (Lipinski definition) is 3. The molecule has 0 aliphatic heterocycles. The maximum Gasteiger partial charge on any atom is 0.338 e. The number of carbonyl (C=O) groups excluding carboxylic acids is 2. The minimum absolute atomic E-state index is 0.344. The first-order valence-corrected chi connectivity index (χ1v) is 6.58. The summed E-state index contributed by atoms with van der Waals surface area (Å²) in [5, 5.41) is 0. The van der Waals surface area contributed by atoms with Gasteiger partial charge in [0.25, 0.3) is 0 Å². The average Bonchev–Trinajstić information content (AvgIpc) is 2.28. The van der Waals surface area contributed by atoms with Gasteiger partial charge in [-0.3, -0.25) is 4.79 Å². The Morgan fingerprint density at radius 3 is 2.18 bits per heavy atom. The van der Waals surface area contributed by atoms with E-state index >= 15 is 0 Å². The molecule has 0 aromatic rings. The van der Waals surface area contributed by atoms with Gasteiger partial charge in [0.2, 0.25) is 0 Å². The van der Waals surface area contributed by atoms with E-state index in [0.717, 1.165) is 19.3 Å². The van der Waals surface area contributed by atoms with Crippen LogP contribution in [0.5, 0.6) is 0 Å². The van der Waals surface area contributed by atoms with Crippen molar-refractivity contribution in [3.8, 4) is 0 Å². The lowest BCUT2D eigenvalue weighted by Crippen LogP contribution is -2.09. The molecular formula is C14H24O3. The Hall–Kier alpha value is -1.12. The SMILES string of the molecule is C/C=C/C(=O)OC(=O)CCCCCCCCC. The van der Waals surface area contributed by atoms with E-state index in [2.05, 4.69) is 11.7 Å². The van der Waals surface area contributed by atoms with E-state index in [1.165, 1.54) is 31.8 Å². The standard InChI is InChI=1S/C14H24O3/c1-3-5-6-7-8-9-10-12-14(16)17-13(15)11-4-2/h4,11H,3,5-10,12H2,1-2H3/b11-4+. The number of hydrogen-bond donors (Lipinski definition) is 0. The molecule has 0 unspecified atom stereocenters. The molecule has 0 N–H and O–H groups in total. The zero-order chi connectivity index (χ0) is 12.9. The smallest absolute Gasteiger partial charge is 0.338 e. The van der Waals surface area contributed by atoms with Gasteiger partial charge in [-0.05, 0) is 13.3 Å². The van der Waals surface area contributed by atoms with Crippen molar-refractivity contribution < 1.29 is 14.3 Å². The van der Waals surface area contributed by atoms with Crippen molar-refractivity contribution in [3.05, 3.63) is 12.2 Å². The van der Waals surface area contributed by atoms with Gasteiger partial charge in [-0.1, -0.05) is 51.5 Å². The molecule has 0 aromatic heterocycles. The molecule has 0 aromatic carbocycles. The van der Waals surface area contributed by atoms with E-state index in [-0.39, 0.29) is 0 Å². The molecule has 0 fully saturated rings. The number of ether oxygens (including phenoxy) is 1. The highest BCUT2D eigenvalue weighted by atomic mass is 16.6. The second-order valence-corrected chi connectivity index (χ2v) is 4.16. The fourth-order valence-corrected chi connectivity index (χ4v) is 1.56. The van der Waals surface area contributed by atoms with Crippen molar-refractivity contribution in [1.82, 2.24) is 0 Å². The van der Waals surface area contributed by atoms with Crippen molar-refractivity contribution in [2.24, 2.45) is 0 Å². The Bertz CT molecular complexity index is 244. The van der Waals surface area contributed by atoms with Gasteiger partial charge in [-0.2, -0.15) is 0 Å². The third-order valence-electron chi connectivity index (χ3n) is 2.50. The summed E-state index contributed by atoms with van der Waals surface area (Å²) in [6.07, 6.45) is 11.2. The summed E-state index contributed by atoms with van der Waals surface area (Å²) in [7, 11) is 0. The van der Waals surface area contributed by atoms with Crippen LogP contribution in [0.3, 0.4) is 0 Å². The number of esters is 2. The lowest BCUT2D eigenvalue weighted by atomic mass is 10.1. The first kappa shape index (κ1) is 15.9. The molecule has 0 heterocycles. The van der Waals surface area contributed by atoms with Gasteiger partial charge in [0.15, 0.2) is 0 Å². The van der Waals surface area contributed by atoms with E-state index in [4.69, 9.17) is 0 Å². The number of carbonyl (C=O) groups is 2. The largest absolute Gasteiger partial charge is 0.390 e. The zero-order valence-electron chi connectivity index (χ0n) is 11.0. The van der Waals surface area contributed by atoms with Crippen LogP contribution >= 0.6 is 0 Å². The lowest BCUT2D eigenvalue weighted by molar-refractivity contribution is -0.156. The fourth-order valence-electron chi connectivity index (χ4n) is 1.56. The van der Waals surface area contributed by atoms with Gasteiger partial charge >= 0.3 is 11.9 Å². The van der Waals surface area contributed by atoms with Crippen molar-refractivity contribution in [3.63, 3.8) is 0 Å². The minimum Gasteiger partial charge on any atom is -0.390 e. The molecule has 0 radical (unpaired) electrons. The van der Waals surface area contributed by atoms with Gasteiger partial charge in [-0.15, -0.1) is 0 Å². The average molecular weight is 240 g/mol. The minimum atomic E-state index is -0.569. The van der Waals surface area contributed by atoms with Crippen LogP contribution in [0.15, 0.2) is 12.2 Å². The van der Waals surface area contributed by atoms with Crippen molar-refractivity contribution in [2.45, 2.75) is 65.2 Å². The Balaban J connectivity index is 3.36. The monoisotopic (exact) mass is 240 g/mol. The molecule has 98 valence electrons. The highest BCUT2D eigenvalue weighted by Crippen LogP contribution is 2.08. The zero-order valence-corrected chi connectivity index (χ0v) is 11.0. The Morgan fingerprint density at radius 2 is 1.59 bits per heavy atom. The molecule has 3 heteroatoms. The van der Waals surface area contributed by atoms with Gasteiger partial charge in [0.05, 0.1) is 0 Å². The van der Waals surface area contributed by atoms with Gasteiger partial charge in [-0.25, -0.2) is 4.79 Å². The molecule has 0 saturated heterocycles. The third-order valence-corrected chi connectivity index (χ3v) is 2.50. The summed E-state index contributed by atoms with van der Waals surface area (Å²) >= 11 is 0. The quantitative estimate of drug-likeness (QED) is 0.267. The fraction of sp³-hybridized carbons (Fsp3) is 0.714. The van der Waals surface area contributed by atoms with Crippen LogP contribution < -0.4 is 0 Å². The van der Waals surface area contributed by atoms with Crippen molar-refractivity contribution >= 4 is 11.9 Å². The Labute approximate surface area is 104 Å². The van der Waals surface area contributed by atoms with Gasteiger partial charge in [0, 0.05) is 12.5 Å². The van der Waals surface area contributed by atoms with E-state index in [1.54, 1.807) is 13.0 Å². The first-order valence-electron chi connectivity index (χ1n) is 6.58. The van der Waals surface area contributed by atoms with Gasteiger partial charge in [0.1, 0.15) is 0 Å². The van der Waals surface area contributed by atoms with E-state index < -0.39 is 11.9 Å². The Kier molecular flexibility index (Phi) is 10.6. The molecule has 0 amide bonds. The first-order chi connectivity index (χ1) is 8.20. The van der Waals surface area contributed by atoms with E-state index in [0.29, 0.717) is 6.42 Å². The lowest BCUT2D eigenvalue weighted by Gasteiger charge is -2.01. The molecule has 0 aliphatic carbocycles. The van der Waals surface area contributed by atoms with Crippen LogP contribution in [-0.2, 0) is 14.3 Å². The Morgan fingerprint density at radius 1 is 1.00 bits per heavy atom. The maximum atomic E-state index is 11.2. The van der Waals surface area contributed by atoms with Crippen LogP contribution in [0.1, 0.15) is 65.2 Å². The summed E-state index contributed by atoms with van der Waals surface area (Å²) in [4.78, 5) is 22.1. The number of allylic oxidation sites excluding steroid dienone is 1. The molecule has 3 nitrogen and oxygen atoms in total. The van der Waals surface area contributed by atoms with Crippen LogP contribution in [0, 0.1) is 0 Å². The summed E-state index contributed by atoms with van der Waals surface area (Å²) in [5.74, 6) is -0.984. The van der Waals surface area contributed by atoms with Crippen LogP contribution in [0.25, 0.3) is 0 Å². The molecule has 0 saturated carbocycles. The number of rotatable bonds is 9. The van der Waals surface area contributed by atoms with Gasteiger partial charge < -0.3 is 4.74 Å². The number of unbranched alkanes of at least 4 members (excludes halogenated alkanes) is 6. The molecule has 0 aliphatic rings. The highest BCUT2D eigenvalue weighted by molar-refractivity contribution is 5.91. The predicted octanol–water partition coefficient (Wildman–Crippen LogP) is 3.77. The second kappa shape index (κ2) is 11.4. The molecule has 0 spiro atoms. The molecule has 0 rings (SSSR count). The topological polar surface area (TPSA) is 43.4 Å². The van der Waals surface area contributed by atoms with E-state index in [9.17, 15) is 9.59 Å². The predicted molar refractivity (Wildman–Crippen MR) is 68.5 cm³/mol. The highest BCUT2D eigenvalue weighted by Gasteiger charge is 2.06. The summed E-state index contributed by atoms with van der Waals surface area (Å²) in [5.41, 5.74) is 0.